The lowest BCUT2D eigenvalue weighted by Gasteiger charge is -2.16. The van der Waals surface area contributed by atoms with Gasteiger partial charge in [0.05, 0.1) is 6.20 Å². The van der Waals surface area contributed by atoms with Gasteiger partial charge in [-0.25, -0.2) is 4.98 Å². The lowest BCUT2D eigenvalue weighted by atomic mass is 10.0. The maximum Gasteiger partial charge on any atom is 0.433 e. The van der Waals surface area contributed by atoms with Gasteiger partial charge in [0.2, 0.25) is 5.95 Å². The van der Waals surface area contributed by atoms with E-state index in [0.717, 1.165) is 12.3 Å². The van der Waals surface area contributed by atoms with E-state index in [2.05, 4.69) is 15.0 Å². The molecule has 2 aromatic rings. The topological polar surface area (TPSA) is 99.9 Å². The van der Waals surface area contributed by atoms with Gasteiger partial charge in [0.1, 0.15) is 11.4 Å². The predicted octanol–water partition coefficient (Wildman–Crippen LogP) is 2.97. The van der Waals surface area contributed by atoms with Gasteiger partial charge in [-0.3, -0.25) is 4.98 Å². The smallest absolute Gasteiger partial charge is 0.433 e. The number of nitrogen functional groups attached to an aromatic ring is 2. The average Bonchev–Trinajstić information content (AvgIpc) is 2.40. The van der Waals surface area contributed by atoms with Crippen LogP contribution in [0.1, 0.15) is 31.0 Å². The van der Waals surface area contributed by atoms with Crippen LogP contribution in [0.25, 0.3) is 0 Å². The number of ether oxygens (including phenoxy) is 1. The number of alkyl halides is 3. The predicted molar refractivity (Wildman–Crippen MR) is 74.3 cm³/mol. The fourth-order valence-electron chi connectivity index (χ4n) is 1.72. The van der Waals surface area contributed by atoms with Crippen molar-refractivity contribution in [2.75, 3.05) is 11.5 Å². The first-order valence-corrected chi connectivity index (χ1v) is 6.31. The minimum atomic E-state index is -4.57. The Kier molecular flexibility index (Phi) is 4.07. The summed E-state index contributed by atoms with van der Waals surface area (Å²) in [5.41, 5.74) is 10.4. The molecule has 0 aliphatic carbocycles. The van der Waals surface area contributed by atoms with Crippen LogP contribution in [-0.4, -0.2) is 15.0 Å². The SMILES string of the molecule is CC(C)c1cnc(C(F)(F)F)cc1Oc1cnc(N)nc1N. The number of nitrogens with zero attached hydrogens (tertiary/aromatic N) is 3. The third-order valence-electron chi connectivity index (χ3n) is 2.83. The molecule has 2 aromatic heterocycles. The van der Waals surface area contributed by atoms with E-state index in [1.807, 2.05) is 0 Å². The Morgan fingerprint density at radius 1 is 1.09 bits per heavy atom. The van der Waals surface area contributed by atoms with Crippen LogP contribution in [-0.2, 0) is 6.18 Å². The Balaban J connectivity index is 2.47. The van der Waals surface area contributed by atoms with Gasteiger partial charge in [-0.15, -0.1) is 0 Å². The number of pyridine rings is 1. The molecule has 0 aliphatic heterocycles. The van der Waals surface area contributed by atoms with E-state index in [1.165, 1.54) is 6.20 Å². The van der Waals surface area contributed by atoms with Crippen LogP contribution in [0.4, 0.5) is 24.9 Å². The fourth-order valence-corrected chi connectivity index (χ4v) is 1.72. The van der Waals surface area contributed by atoms with Gasteiger partial charge in [0, 0.05) is 17.8 Å². The number of nitrogens with two attached hydrogens (primary N) is 2. The van der Waals surface area contributed by atoms with E-state index in [1.54, 1.807) is 13.8 Å². The van der Waals surface area contributed by atoms with Gasteiger partial charge in [-0.1, -0.05) is 13.8 Å². The second-order valence-corrected chi connectivity index (χ2v) is 4.84. The quantitative estimate of drug-likeness (QED) is 0.903. The van der Waals surface area contributed by atoms with Crippen molar-refractivity contribution in [2.24, 2.45) is 0 Å². The summed E-state index contributed by atoms with van der Waals surface area (Å²) >= 11 is 0. The molecule has 4 N–H and O–H groups in total. The van der Waals surface area contributed by atoms with Crippen molar-refractivity contribution < 1.29 is 17.9 Å². The van der Waals surface area contributed by atoms with Crippen molar-refractivity contribution in [3.05, 3.63) is 29.7 Å². The fraction of sp³-hybridized carbons (Fsp3) is 0.308. The van der Waals surface area contributed by atoms with Crippen LogP contribution in [0.15, 0.2) is 18.5 Å². The van der Waals surface area contributed by atoms with Gasteiger partial charge < -0.3 is 16.2 Å². The van der Waals surface area contributed by atoms with E-state index in [4.69, 9.17) is 16.2 Å². The maximum atomic E-state index is 12.8. The summed E-state index contributed by atoms with van der Waals surface area (Å²) in [5, 5.41) is 0. The summed E-state index contributed by atoms with van der Waals surface area (Å²) in [7, 11) is 0. The largest absolute Gasteiger partial charge is 0.451 e. The highest BCUT2D eigenvalue weighted by Gasteiger charge is 2.33. The summed E-state index contributed by atoms with van der Waals surface area (Å²) in [6.07, 6.45) is -2.23. The van der Waals surface area contributed by atoms with E-state index in [0.29, 0.717) is 5.56 Å². The van der Waals surface area contributed by atoms with Crippen molar-refractivity contribution >= 4 is 11.8 Å². The Morgan fingerprint density at radius 3 is 2.32 bits per heavy atom. The third-order valence-corrected chi connectivity index (χ3v) is 2.83. The highest BCUT2D eigenvalue weighted by atomic mass is 19.4. The Labute approximate surface area is 124 Å². The molecule has 22 heavy (non-hydrogen) atoms. The van der Waals surface area contributed by atoms with Crippen LogP contribution in [0.3, 0.4) is 0 Å². The first-order chi connectivity index (χ1) is 10.2. The minimum absolute atomic E-state index is 0.00241. The normalized spacial score (nSPS) is 11.7. The van der Waals surface area contributed by atoms with Gasteiger partial charge in [-0.05, 0) is 5.92 Å². The molecule has 0 bridgehead atoms. The molecule has 9 heteroatoms. The Morgan fingerprint density at radius 2 is 1.77 bits per heavy atom. The molecule has 118 valence electrons. The Bertz CT molecular complexity index is 688. The molecular weight excluding hydrogens is 299 g/mol. The zero-order valence-corrected chi connectivity index (χ0v) is 11.8. The first kappa shape index (κ1) is 15.8. The second kappa shape index (κ2) is 5.66. The molecule has 0 amide bonds. The van der Waals surface area contributed by atoms with Crippen LogP contribution in [0.2, 0.25) is 0 Å². The molecule has 0 radical (unpaired) electrons. The lowest BCUT2D eigenvalue weighted by Crippen LogP contribution is -2.10. The summed E-state index contributed by atoms with van der Waals surface area (Å²) in [6.45, 7) is 3.61. The summed E-state index contributed by atoms with van der Waals surface area (Å²) in [6, 6.07) is 0.825. The molecule has 6 nitrogen and oxygen atoms in total. The molecule has 0 atom stereocenters. The van der Waals surface area contributed by atoms with Gasteiger partial charge >= 0.3 is 6.18 Å². The molecule has 0 fully saturated rings. The van der Waals surface area contributed by atoms with E-state index >= 15 is 0 Å². The lowest BCUT2D eigenvalue weighted by molar-refractivity contribution is -0.141. The molecule has 0 spiro atoms. The second-order valence-electron chi connectivity index (χ2n) is 4.84. The Hall–Kier alpha value is -2.58. The number of aromatic nitrogens is 3. The van der Waals surface area contributed by atoms with E-state index in [9.17, 15) is 13.2 Å². The standard InChI is InChI=1S/C13H14F3N5O/c1-6(2)7-4-19-10(13(14,15)16)3-8(7)22-9-5-20-12(18)21-11(9)17/h3-6H,1-2H3,(H4,17,18,20,21). The van der Waals surface area contributed by atoms with E-state index < -0.39 is 11.9 Å². The number of hydrogen-bond donors (Lipinski definition) is 2. The van der Waals surface area contributed by atoms with Crippen molar-refractivity contribution in [3.8, 4) is 11.5 Å². The molecule has 0 aromatic carbocycles. The first-order valence-electron chi connectivity index (χ1n) is 6.31. The molecule has 0 unspecified atom stereocenters. The highest BCUT2D eigenvalue weighted by Crippen LogP contribution is 2.36. The summed E-state index contributed by atoms with van der Waals surface area (Å²) < 4.78 is 43.8. The van der Waals surface area contributed by atoms with Crippen LogP contribution in [0, 0.1) is 0 Å². The van der Waals surface area contributed by atoms with Crippen molar-refractivity contribution in [3.63, 3.8) is 0 Å². The molecule has 2 rings (SSSR count). The van der Waals surface area contributed by atoms with Crippen molar-refractivity contribution in [2.45, 2.75) is 25.9 Å². The summed E-state index contributed by atoms with van der Waals surface area (Å²) in [4.78, 5) is 10.8. The maximum absolute atomic E-state index is 12.8. The van der Waals surface area contributed by atoms with Crippen LogP contribution in [0.5, 0.6) is 11.5 Å². The van der Waals surface area contributed by atoms with E-state index in [-0.39, 0.29) is 29.2 Å². The average molecular weight is 313 g/mol. The zero-order chi connectivity index (χ0) is 16.5. The molecule has 2 heterocycles. The number of hydrogen-bond acceptors (Lipinski definition) is 6. The molecule has 0 aliphatic rings. The number of halogens is 3. The van der Waals surface area contributed by atoms with Crippen LogP contribution >= 0.6 is 0 Å². The third kappa shape index (κ3) is 3.35. The summed E-state index contributed by atoms with van der Waals surface area (Å²) in [5.74, 6) is -0.194. The van der Waals surface area contributed by atoms with Crippen molar-refractivity contribution in [1.82, 2.24) is 15.0 Å². The molecule has 0 saturated heterocycles. The van der Waals surface area contributed by atoms with Crippen LogP contribution < -0.4 is 16.2 Å². The minimum Gasteiger partial charge on any atom is -0.451 e. The molecule has 0 saturated carbocycles. The van der Waals surface area contributed by atoms with Gasteiger partial charge in [0.15, 0.2) is 11.6 Å². The monoisotopic (exact) mass is 313 g/mol. The number of anilines is 2. The molecular formula is C13H14F3N5O. The highest BCUT2D eigenvalue weighted by molar-refractivity contribution is 5.50. The van der Waals surface area contributed by atoms with Crippen molar-refractivity contribution in [1.29, 1.82) is 0 Å². The number of rotatable bonds is 3. The van der Waals surface area contributed by atoms with Gasteiger partial charge in [-0.2, -0.15) is 18.2 Å². The zero-order valence-electron chi connectivity index (χ0n) is 11.8. The van der Waals surface area contributed by atoms with Gasteiger partial charge in [0.25, 0.3) is 0 Å².